The Balaban J connectivity index is 1.91. The molecule has 1 aromatic heterocycles. The van der Waals surface area contributed by atoms with Gasteiger partial charge in [0.05, 0.1) is 36.9 Å². The van der Waals surface area contributed by atoms with Crippen molar-refractivity contribution in [3.05, 3.63) is 53.1 Å². The van der Waals surface area contributed by atoms with Crippen LogP contribution in [0.2, 0.25) is 0 Å². The number of hydrogen-bond donors (Lipinski definition) is 3. The molecule has 7 nitrogen and oxygen atoms in total. The summed E-state index contributed by atoms with van der Waals surface area (Å²) in [6.07, 6.45) is -0.498. The molecule has 3 rings (SSSR count). The van der Waals surface area contributed by atoms with Gasteiger partial charge in [0.1, 0.15) is 23.8 Å². The molecule has 31 heavy (non-hydrogen) atoms. The molecule has 8 heteroatoms. The zero-order chi connectivity index (χ0) is 22.9. The highest BCUT2D eigenvalue weighted by atomic mass is 19.1. The van der Waals surface area contributed by atoms with Crippen molar-refractivity contribution < 1.29 is 28.9 Å². The highest BCUT2D eigenvalue weighted by Gasteiger charge is 2.51. The van der Waals surface area contributed by atoms with E-state index in [0.717, 1.165) is 5.56 Å². The number of aromatic nitrogens is 1. The Morgan fingerprint density at radius 3 is 2.65 bits per heavy atom. The summed E-state index contributed by atoms with van der Waals surface area (Å²) in [6, 6.07) is 6.16. The standard InChI is InChI=1S/C23H29FN2O5/c1-12-16(24)8-7-15(20(12)30-5)19-13(2)23(3,4)31-21(19)22(29)26-14-6-9-17(25-10-14)18(28)11-27/h6-10,13,18-19,21,27-28H,11H2,1-5H3,(H,26,29)/t13-,18+,19-,21+/m0/s1. The van der Waals surface area contributed by atoms with E-state index in [1.54, 1.807) is 19.1 Å². The van der Waals surface area contributed by atoms with Crippen molar-refractivity contribution in [3.8, 4) is 5.75 Å². The van der Waals surface area contributed by atoms with Crippen molar-refractivity contribution in [2.45, 2.75) is 51.4 Å². The molecule has 1 amide bonds. The number of methoxy groups -OCH3 is 1. The summed E-state index contributed by atoms with van der Waals surface area (Å²) in [5.41, 5.74) is 1.25. The van der Waals surface area contributed by atoms with Crippen molar-refractivity contribution in [1.82, 2.24) is 4.98 Å². The first-order valence-electron chi connectivity index (χ1n) is 10.2. The number of nitrogens with one attached hydrogen (secondary N) is 1. The molecular formula is C23H29FN2O5. The lowest BCUT2D eigenvalue weighted by Gasteiger charge is -2.26. The molecule has 2 aromatic rings. The predicted molar refractivity (Wildman–Crippen MR) is 113 cm³/mol. The largest absolute Gasteiger partial charge is 0.496 e. The quantitative estimate of drug-likeness (QED) is 0.649. The molecular weight excluding hydrogens is 403 g/mol. The molecule has 0 aliphatic carbocycles. The fourth-order valence-corrected chi connectivity index (χ4v) is 4.06. The third-order valence-electron chi connectivity index (χ3n) is 6.15. The monoisotopic (exact) mass is 432 g/mol. The number of carbonyl (C=O) groups excluding carboxylic acids is 1. The van der Waals surface area contributed by atoms with Gasteiger partial charge in [-0.1, -0.05) is 13.0 Å². The molecule has 0 bridgehead atoms. The third kappa shape index (κ3) is 4.42. The highest BCUT2D eigenvalue weighted by molar-refractivity contribution is 5.95. The molecule has 0 spiro atoms. The topological polar surface area (TPSA) is 101 Å². The fourth-order valence-electron chi connectivity index (χ4n) is 4.06. The zero-order valence-corrected chi connectivity index (χ0v) is 18.3. The van der Waals surface area contributed by atoms with Gasteiger partial charge >= 0.3 is 0 Å². The Bertz CT molecular complexity index is 948. The fraction of sp³-hybridized carbons (Fsp3) is 0.478. The summed E-state index contributed by atoms with van der Waals surface area (Å²) >= 11 is 0. The van der Waals surface area contributed by atoms with Crippen LogP contribution >= 0.6 is 0 Å². The van der Waals surface area contributed by atoms with Gasteiger partial charge in [-0.3, -0.25) is 9.78 Å². The molecule has 0 radical (unpaired) electrons. The van der Waals surface area contributed by atoms with Gasteiger partial charge in [0.15, 0.2) is 0 Å². The van der Waals surface area contributed by atoms with Gasteiger partial charge in [0, 0.05) is 17.0 Å². The van der Waals surface area contributed by atoms with E-state index in [1.165, 1.54) is 25.4 Å². The minimum Gasteiger partial charge on any atom is -0.496 e. The zero-order valence-electron chi connectivity index (χ0n) is 18.3. The van der Waals surface area contributed by atoms with Crippen LogP contribution in [0.3, 0.4) is 0 Å². The van der Waals surface area contributed by atoms with Crippen LogP contribution in [-0.2, 0) is 9.53 Å². The third-order valence-corrected chi connectivity index (χ3v) is 6.15. The van der Waals surface area contributed by atoms with Crippen molar-refractivity contribution in [2.24, 2.45) is 5.92 Å². The summed E-state index contributed by atoms with van der Waals surface area (Å²) in [5, 5.41) is 21.5. The predicted octanol–water partition coefficient (Wildman–Crippen LogP) is 3.10. The first kappa shape index (κ1) is 23.1. The molecule has 1 aliphatic heterocycles. The number of benzene rings is 1. The smallest absolute Gasteiger partial charge is 0.254 e. The second-order valence-corrected chi connectivity index (χ2v) is 8.41. The van der Waals surface area contributed by atoms with Crippen LogP contribution in [0.25, 0.3) is 0 Å². The summed E-state index contributed by atoms with van der Waals surface area (Å²) in [5.74, 6) is -0.720. The highest BCUT2D eigenvalue weighted by Crippen LogP contribution is 2.49. The molecule has 4 atom stereocenters. The molecule has 0 saturated carbocycles. The Morgan fingerprint density at radius 2 is 2.06 bits per heavy atom. The number of rotatable bonds is 6. The second-order valence-electron chi connectivity index (χ2n) is 8.41. The minimum absolute atomic E-state index is 0.0535. The number of halogens is 1. The molecule has 1 aliphatic rings. The van der Waals surface area contributed by atoms with Crippen LogP contribution in [-0.4, -0.2) is 46.5 Å². The second kappa shape index (κ2) is 8.90. The van der Waals surface area contributed by atoms with Crippen LogP contribution in [0.4, 0.5) is 10.1 Å². The number of pyridine rings is 1. The van der Waals surface area contributed by atoms with Gasteiger partial charge in [-0.25, -0.2) is 4.39 Å². The van der Waals surface area contributed by atoms with Crippen molar-refractivity contribution in [3.63, 3.8) is 0 Å². The average Bonchev–Trinajstić information content (AvgIpc) is 2.99. The molecule has 1 fully saturated rings. The van der Waals surface area contributed by atoms with Crippen LogP contribution in [0.15, 0.2) is 30.5 Å². The number of amides is 1. The van der Waals surface area contributed by atoms with E-state index in [2.05, 4.69) is 10.3 Å². The Kier molecular flexibility index (Phi) is 6.64. The number of anilines is 1. The van der Waals surface area contributed by atoms with E-state index < -0.39 is 24.4 Å². The van der Waals surface area contributed by atoms with Crippen LogP contribution < -0.4 is 10.1 Å². The Morgan fingerprint density at radius 1 is 1.35 bits per heavy atom. The molecule has 1 saturated heterocycles. The van der Waals surface area contributed by atoms with Crippen LogP contribution in [0.1, 0.15) is 49.6 Å². The molecule has 0 unspecified atom stereocenters. The minimum atomic E-state index is -1.08. The molecule has 168 valence electrons. The average molecular weight is 432 g/mol. The number of nitrogens with zero attached hydrogens (tertiary/aromatic N) is 1. The first-order chi connectivity index (χ1) is 14.6. The van der Waals surface area contributed by atoms with E-state index in [9.17, 15) is 14.3 Å². The SMILES string of the molecule is COc1c([C@H]2[C@H](C(=O)Nc3ccc([C@H](O)CO)nc3)OC(C)(C)[C@H]2C)ccc(F)c1C. The summed E-state index contributed by atoms with van der Waals surface area (Å²) in [7, 11) is 1.49. The normalized spacial score (nSPS) is 23.4. The van der Waals surface area contributed by atoms with E-state index in [1.807, 2.05) is 20.8 Å². The summed E-state index contributed by atoms with van der Waals surface area (Å²) in [4.78, 5) is 17.3. The van der Waals surface area contributed by atoms with Crippen LogP contribution in [0.5, 0.6) is 5.75 Å². The van der Waals surface area contributed by atoms with E-state index >= 15 is 0 Å². The Hall–Kier alpha value is -2.55. The van der Waals surface area contributed by atoms with Gasteiger partial charge in [-0.05, 0) is 44.9 Å². The first-order valence-corrected chi connectivity index (χ1v) is 10.2. The van der Waals surface area contributed by atoms with Gasteiger partial charge in [-0.15, -0.1) is 0 Å². The molecule has 2 heterocycles. The number of ether oxygens (including phenoxy) is 2. The summed E-state index contributed by atoms with van der Waals surface area (Å²) in [6.45, 7) is 7.05. The van der Waals surface area contributed by atoms with Crippen molar-refractivity contribution >= 4 is 11.6 Å². The van der Waals surface area contributed by atoms with Crippen molar-refractivity contribution in [1.29, 1.82) is 0 Å². The molecule has 3 N–H and O–H groups in total. The van der Waals surface area contributed by atoms with Gasteiger partial charge < -0.3 is 25.0 Å². The van der Waals surface area contributed by atoms with Gasteiger partial charge in [-0.2, -0.15) is 0 Å². The lowest BCUT2D eigenvalue weighted by Crippen LogP contribution is -2.33. The maximum absolute atomic E-state index is 14.1. The van der Waals surface area contributed by atoms with Gasteiger partial charge in [0.25, 0.3) is 5.91 Å². The Labute approximate surface area is 181 Å². The summed E-state index contributed by atoms with van der Waals surface area (Å²) < 4.78 is 25.8. The van der Waals surface area contributed by atoms with E-state index in [0.29, 0.717) is 22.7 Å². The maximum atomic E-state index is 14.1. The van der Waals surface area contributed by atoms with Crippen LogP contribution in [0, 0.1) is 18.7 Å². The van der Waals surface area contributed by atoms with Gasteiger partial charge in [0.2, 0.25) is 0 Å². The lowest BCUT2D eigenvalue weighted by atomic mass is 9.77. The number of carbonyl (C=O) groups is 1. The van der Waals surface area contributed by atoms with E-state index in [-0.39, 0.29) is 23.6 Å². The van der Waals surface area contributed by atoms with E-state index in [4.69, 9.17) is 14.6 Å². The maximum Gasteiger partial charge on any atom is 0.254 e. The lowest BCUT2D eigenvalue weighted by molar-refractivity contribution is -0.131. The van der Waals surface area contributed by atoms with Crippen molar-refractivity contribution in [2.75, 3.05) is 19.0 Å². The number of aliphatic hydroxyl groups is 2. The number of aliphatic hydroxyl groups excluding tert-OH is 2. The molecule has 1 aromatic carbocycles. The number of hydrogen-bond acceptors (Lipinski definition) is 6.